The van der Waals surface area contributed by atoms with E-state index in [1.165, 1.54) is 25.7 Å². The van der Waals surface area contributed by atoms with Gasteiger partial charge in [-0.1, -0.05) is 12.8 Å². The summed E-state index contributed by atoms with van der Waals surface area (Å²) >= 11 is 0. The van der Waals surface area contributed by atoms with Crippen molar-refractivity contribution in [2.45, 2.75) is 25.7 Å². The molecule has 0 radical (unpaired) electrons. The van der Waals surface area contributed by atoms with E-state index in [4.69, 9.17) is 0 Å². The van der Waals surface area contributed by atoms with Gasteiger partial charge in [0.15, 0.2) is 11.5 Å². The number of H-pyrrole nitrogens is 1. The predicted octanol–water partition coefficient (Wildman–Crippen LogP) is 1.98. The topological polar surface area (TPSA) is 57.7 Å². The molecule has 2 fully saturated rings. The van der Waals surface area contributed by atoms with Crippen LogP contribution < -0.4 is 4.90 Å². The third-order valence-electron chi connectivity index (χ3n) is 4.48. The van der Waals surface area contributed by atoms with E-state index in [1.807, 2.05) is 0 Å². The Hall–Kier alpha value is -1.65. The molecular formula is C13H17N5. The molecular weight excluding hydrogens is 226 g/mol. The fraction of sp³-hybridized carbons (Fsp3) is 0.615. The summed E-state index contributed by atoms with van der Waals surface area (Å²) in [4.78, 5) is 18.4. The van der Waals surface area contributed by atoms with Crippen LogP contribution in [0.2, 0.25) is 0 Å². The molecule has 1 saturated carbocycles. The average molecular weight is 243 g/mol. The summed E-state index contributed by atoms with van der Waals surface area (Å²) in [5.41, 5.74) is 1.76. The van der Waals surface area contributed by atoms with Gasteiger partial charge in [0.05, 0.1) is 6.33 Å². The molecule has 3 heterocycles. The molecule has 2 aromatic heterocycles. The molecule has 5 heteroatoms. The van der Waals surface area contributed by atoms with Crippen molar-refractivity contribution in [3.63, 3.8) is 0 Å². The second-order valence-corrected chi connectivity index (χ2v) is 5.51. The molecule has 1 aliphatic carbocycles. The molecule has 1 aliphatic heterocycles. The molecule has 4 rings (SSSR count). The Kier molecular flexibility index (Phi) is 2.25. The van der Waals surface area contributed by atoms with Gasteiger partial charge < -0.3 is 9.88 Å². The molecule has 18 heavy (non-hydrogen) atoms. The highest BCUT2D eigenvalue weighted by atomic mass is 15.2. The van der Waals surface area contributed by atoms with Gasteiger partial charge in [-0.05, 0) is 24.7 Å². The first-order chi connectivity index (χ1) is 8.92. The molecule has 2 aliphatic rings. The number of nitrogens with one attached hydrogen (secondary N) is 1. The largest absolute Gasteiger partial charge is 0.354 e. The number of nitrogens with zero attached hydrogens (tertiary/aromatic N) is 4. The van der Waals surface area contributed by atoms with Crippen LogP contribution in [0.3, 0.4) is 0 Å². The Morgan fingerprint density at radius 1 is 1.06 bits per heavy atom. The monoisotopic (exact) mass is 243 g/mol. The highest BCUT2D eigenvalue weighted by Gasteiger charge is 2.35. The Morgan fingerprint density at radius 3 is 2.61 bits per heavy atom. The van der Waals surface area contributed by atoms with Crippen LogP contribution in [0, 0.1) is 11.8 Å². The van der Waals surface area contributed by atoms with Crippen LogP contribution in [0.25, 0.3) is 11.2 Å². The second-order valence-electron chi connectivity index (χ2n) is 5.51. The Bertz CT molecular complexity index is 549. The maximum Gasteiger partial charge on any atom is 0.182 e. The number of aromatic amines is 1. The third kappa shape index (κ3) is 1.50. The lowest BCUT2D eigenvalue weighted by Crippen LogP contribution is -2.21. The number of aromatic nitrogens is 4. The molecule has 0 spiro atoms. The van der Waals surface area contributed by atoms with Crippen LogP contribution in [0.15, 0.2) is 12.7 Å². The molecule has 1 saturated heterocycles. The standard InChI is InChI=1S/C13H17N5/c1-2-4-10-6-18(5-9(10)3-1)13-11-12(15-7-14-11)16-8-17-13/h7-10H,1-6H2,(H,14,15,16,17). The Morgan fingerprint density at radius 2 is 1.83 bits per heavy atom. The number of hydrogen-bond acceptors (Lipinski definition) is 4. The molecule has 0 aromatic carbocycles. The summed E-state index contributed by atoms with van der Waals surface area (Å²) in [5.74, 6) is 2.77. The van der Waals surface area contributed by atoms with Gasteiger partial charge in [-0.15, -0.1) is 0 Å². The number of imidazole rings is 1. The zero-order valence-electron chi connectivity index (χ0n) is 10.3. The Balaban J connectivity index is 1.69. The summed E-state index contributed by atoms with van der Waals surface area (Å²) < 4.78 is 0. The lowest BCUT2D eigenvalue weighted by molar-refractivity contribution is 0.299. The van der Waals surface area contributed by atoms with Gasteiger partial charge in [-0.3, -0.25) is 0 Å². The van der Waals surface area contributed by atoms with Gasteiger partial charge in [0.25, 0.3) is 0 Å². The summed E-state index contributed by atoms with van der Waals surface area (Å²) in [6.07, 6.45) is 8.90. The first kappa shape index (κ1) is 10.3. The maximum absolute atomic E-state index is 4.46. The number of hydrogen-bond donors (Lipinski definition) is 1. The van der Waals surface area contributed by atoms with E-state index in [1.54, 1.807) is 12.7 Å². The minimum absolute atomic E-state index is 0.773. The second kappa shape index (κ2) is 3.93. The van der Waals surface area contributed by atoms with Gasteiger partial charge in [-0.2, -0.15) is 0 Å². The van der Waals surface area contributed by atoms with Gasteiger partial charge in [0.2, 0.25) is 0 Å². The van der Waals surface area contributed by atoms with E-state index in [2.05, 4.69) is 24.8 Å². The van der Waals surface area contributed by atoms with E-state index in [-0.39, 0.29) is 0 Å². The summed E-state index contributed by atoms with van der Waals surface area (Å²) in [7, 11) is 0. The van der Waals surface area contributed by atoms with Crippen molar-refractivity contribution in [2.24, 2.45) is 11.8 Å². The smallest absolute Gasteiger partial charge is 0.182 e. The van der Waals surface area contributed by atoms with Crippen LogP contribution >= 0.6 is 0 Å². The van der Waals surface area contributed by atoms with Crippen molar-refractivity contribution in [3.05, 3.63) is 12.7 Å². The molecule has 94 valence electrons. The van der Waals surface area contributed by atoms with Crippen molar-refractivity contribution in [2.75, 3.05) is 18.0 Å². The summed E-state index contributed by atoms with van der Waals surface area (Å²) in [5, 5.41) is 0. The zero-order valence-corrected chi connectivity index (χ0v) is 10.3. The van der Waals surface area contributed by atoms with Crippen molar-refractivity contribution >= 4 is 17.0 Å². The lowest BCUT2D eigenvalue weighted by atomic mass is 9.82. The van der Waals surface area contributed by atoms with Gasteiger partial charge >= 0.3 is 0 Å². The molecule has 2 atom stereocenters. The number of rotatable bonds is 1. The van der Waals surface area contributed by atoms with E-state index in [0.717, 1.165) is 41.9 Å². The molecule has 0 bridgehead atoms. The average Bonchev–Trinajstić information content (AvgIpc) is 3.04. The highest BCUT2D eigenvalue weighted by Crippen LogP contribution is 2.38. The Labute approximate surface area is 106 Å². The zero-order chi connectivity index (χ0) is 11.9. The first-order valence-corrected chi connectivity index (χ1v) is 6.81. The molecule has 5 nitrogen and oxygen atoms in total. The van der Waals surface area contributed by atoms with Crippen LogP contribution in [0.4, 0.5) is 5.82 Å². The molecule has 2 unspecified atom stereocenters. The SMILES string of the molecule is c1nc(N2CC3CCCCC3C2)c2[nH]cnc2n1. The van der Waals surface area contributed by atoms with Crippen LogP contribution in [-0.4, -0.2) is 33.0 Å². The van der Waals surface area contributed by atoms with Crippen LogP contribution in [-0.2, 0) is 0 Å². The van der Waals surface area contributed by atoms with E-state index >= 15 is 0 Å². The van der Waals surface area contributed by atoms with E-state index in [0.29, 0.717) is 0 Å². The minimum atomic E-state index is 0.773. The normalized spacial score (nSPS) is 27.7. The minimum Gasteiger partial charge on any atom is -0.354 e. The van der Waals surface area contributed by atoms with E-state index in [9.17, 15) is 0 Å². The summed E-state index contributed by atoms with van der Waals surface area (Å²) in [6, 6.07) is 0. The van der Waals surface area contributed by atoms with Crippen molar-refractivity contribution in [1.82, 2.24) is 19.9 Å². The quantitative estimate of drug-likeness (QED) is 0.832. The van der Waals surface area contributed by atoms with Crippen molar-refractivity contribution < 1.29 is 0 Å². The number of anilines is 1. The highest BCUT2D eigenvalue weighted by molar-refractivity contribution is 5.82. The van der Waals surface area contributed by atoms with Gasteiger partial charge in [0, 0.05) is 13.1 Å². The lowest BCUT2D eigenvalue weighted by Gasteiger charge is -2.22. The van der Waals surface area contributed by atoms with Gasteiger partial charge in [0.1, 0.15) is 11.8 Å². The molecule has 2 aromatic rings. The van der Waals surface area contributed by atoms with Crippen LogP contribution in [0.1, 0.15) is 25.7 Å². The fourth-order valence-electron chi connectivity index (χ4n) is 3.57. The first-order valence-electron chi connectivity index (χ1n) is 6.81. The molecule has 0 amide bonds. The van der Waals surface area contributed by atoms with Gasteiger partial charge in [-0.25, -0.2) is 15.0 Å². The summed E-state index contributed by atoms with van der Waals surface area (Å²) in [6.45, 7) is 2.30. The van der Waals surface area contributed by atoms with Crippen LogP contribution in [0.5, 0.6) is 0 Å². The maximum atomic E-state index is 4.46. The van der Waals surface area contributed by atoms with Crippen molar-refractivity contribution in [3.8, 4) is 0 Å². The number of fused-ring (bicyclic) bond motifs is 2. The van der Waals surface area contributed by atoms with E-state index < -0.39 is 0 Å². The van der Waals surface area contributed by atoms with Crippen molar-refractivity contribution in [1.29, 1.82) is 0 Å². The molecule has 1 N–H and O–H groups in total. The third-order valence-corrected chi connectivity index (χ3v) is 4.48. The predicted molar refractivity (Wildman–Crippen MR) is 69.3 cm³/mol. The fourth-order valence-corrected chi connectivity index (χ4v) is 3.57.